The molecular weight excluding hydrogens is 288 g/mol. The highest BCUT2D eigenvalue weighted by molar-refractivity contribution is 5.94. The molecule has 1 aromatic carbocycles. The minimum atomic E-state index is -0.00924. The van der Waals surface area contributed by atoms with E-state index < -0.39 is 0 Å². The first-order valence-electron chi connectivity index (χ1n) is 8.33. The Labute approximate surface area is 138 Å². The first kappa shape index (κ1) is 17.2. The third-order valence-electron chi connectivity index (χ3n) is 4.01. The number of carbonyl (C=O) groups excluding carboxylic acids is 1. The number of rotatable bonds is 9. The van der Waals surface area contributed by atoms with Crippen molar-refractivity contribution in [2.24, 2.45) is 0 Å². The summed E-state index contributed by atoms with van der Waals surface area (Å²) in [6.45, 7) is 8.36. The van der Waals surface area contributed by atoms with Crippen LogP contribution in [-0.2, 0) is 0 Å². The molecule has 124 valence electrons. The van der Waals surface area contributed by atoms with Crippen molar-refractivity contribution in [3.63, 3.8) is 0 Å². The molecule has 0 aliphatic carbocycles. The van der Waals surface area contributed by atoms with E-state index in [9.17, 15) is 4.79 Å². The molecule has 2 aromatic rings. The van der Waals surface area contributed by atoms with Crippen LogP contribution in [0.2, 0.25) is 0 Å². The maximum atomic E-state index is 12.1. The summed E-state index contributed by atoms with van der Waals surface area (Å²) in [4.78, 5) is 18.5. The minimum absolute atomic E-state index is 0.00924. The molecule has 23 heavy (non-hydrogen) atoms. The zero-order valence-corrected chi connectivity index (χ0v) is 14.0. The van der Waals surface area contributed by atoms with E-state index >= 15 is 0 Å². The molecule has 0 radical (unpaired) electrons. The molecule has 1 amide bonds. The average molecular weight is 314 g/mol. The monoisotopic (exact) mass is 314 g/mol. The quantitative estimate of drug-likeness (QED) is 0.724. The van der Waals surface area contributed by atoms with E-state index in [2.05, 4.69) is 29.0 Å². The second kappa shape index (κ2) is 9.10. The average Bonchev–Trinajstić information content (AvgIpc) is 3.12. The molecule has 1 heterocycles. The predicted octanol–water partition coefficient (Wildman–Crippen LogP) is 2.72. The van der Waals surface area contributed by atoms with E-state index in [0.717, 1.165) is 44.7 Å². The summed E-state index contributed by atoms with van der Waals surface area (Å²) >= 11 is 0. The molecule has 0 saturated heterocycles. The zero-order valence-electron chi connectivity index (χ0n) is 14.0. The summed E-state index contributed by atoms with van der Waals surface area (Å²) in [6.07, 6.45) is 7.48. The van der Waals surface area contributed by atoms with Crippen molar-refractivity contribution in [3.05, 3.63) is 48.5 Å². The standard InChI is InChI=1S/C18H26N4O/c1-3-21(4-2)13-6-5-11-20-18(23)16-7-9-17(10-8-16)22-14-12-19-15-22/h7-10,12,14-15H,3-6,11,13H2,1-2H3,(H,20,23). The Hall–Kier alpha value is -2.14. The largest absolute Gasteiger partial charge is 0.352 e. The molecule has 1 aromatic heterocycles. The lowest BCUT2D eigenvalue weighted by Gasteiger charge is -2.17. The number of benzene rings is 1. The molecule has 0 fully saturated rings. The maximum absolute atomic E-state index is 12.1. The van der Waals surface area contributed by atoms with Crippen molar-refractivity contribution in [2.75, 3.05) is 26.2 Å². The number of unbranched alkanes of at least 4 members (excludes halogenated alkanes) is 1. The summed E-state index contributed by atoms with van der Waals surface area (Å²) in [5, 5.41) is 2.99. The van der Waals surface area contributed by atoms with Gasteiger partial charge in [-0.3, -0.25) is 4.79 Å². The molecule has 1 N–H and O–H groups in total. The highest BCUT2D eigenvalue weighted by Crippen LogP contribution is 2.09. The third kappa shape index (κ3) is 5.21. The van der Waals surface area contributed by atoms with E-state index in [1.807, 2.05) is 35.0 Å². The van der Waals surface area contributed by atoms with Crippen LogP contribution in [-0.4, -0.2) is 46.5 Å². The number of imidazole rings is 1. The van der Waals surface area contributed by atoms with Crippen molar-refractivity contribution >= 4 is 5.91 Å². The van der Waals surface area contributed by atoms with Crippen LogP contribution in [0.3, 0.4) is 0 Å². The number of amides is 1. The van der Waals surface area contributed by atoms with Gasteiger partial charge in [0.25, 0.3) is 5.91 Å². The van der Waals surface area contributed by atoms with Crippen LogP contribution in [0.1, 0.15) is 37.0 Å². The van der Waals surface area contributed by atoms with Crippen molar-refractivity contribution in [3.8, 4) is 5.69 Å². The molecule has 0 unspecified atom stereocenters. The summed E-state index contributed by atoms with van der Waals surface area (Å²) in [7, 11) is 0. The van der Waals surface area contributed by atoms with E-state index in [1.54, 1.807) is 12.5 Å². The van der Waals surface area contributed by atoms with Gasteiger partial charge in [0.15, 0.2) is 0 Å². The van der Waals surface area contributed by atoms with Crippen LogP contribution in [0.25, 0.3) is 5.69 Å². The van der Waals surface area contributed by atoms with Gasteiger partial charge in [-0.2, -0.15) is 0 Å². The Morgan fingerprint density at radius 2 is 1.91 bits per heavy atom. The molecule has 0 bridgehead atoms. The highest BCUT2D eigenvalue weighted by Gasteiger charge is 2.05. The molecule has 0 atom stereocenters. The summed E-state index contributed by atoms with van der Waals surface area (Å²) in [6, 6.07) is 7.55. The third-order valence-corrected chi connectivity index (χ3v) is 4.01. The summed E-state index contributed by atoms with van der Waals surface area (Å²) in [5.41, 5.74) is 1.69. The topological polar surface area (TPSA) is 50.2 Å². The van der Waals surface area contributed by atoms with Crippen LogP contribution in [0.4, 0.5) is 0 Å². The van der Waals surface area contributed by atoms with Gasteiger partial charge in [0, 0.05) is 30.2 Å². The van der Waals surface area contributed by atoms with Crippen molar-refractivity contribution in [1.29, 1.82) is 0 Å². The molecule has 0 spiro atoms. The fraction of sp³-hybridized carbons (Fsp3) is 0.444. The lowest BCUT2D eigenvalue weighted by atomic mass is 10.2. The Morgan fingerprint density at radius 1 is 1.17 bits per heavy atom. The van der Waals surface area contributed by atoms with E-state index in [4.69, 9.17) is 0 Å². The Morgan fingerprint density at radius 3 is 2.52 bits per heavy atom. The van der Waals surface area contributed by atoms with E-state index in [0.29, 0.717) is 5.56 Å². The number of nitrogens with zero attached hydrogens (tertiary/aromatic N) is 3. The zero-order chi connectivity index (χ0) is 16.5. The molecule has 5 heteroatoms. The lowest BCUT2D eigenvalue weighted by Crippen LogP contribution is -2.27. The molecule has 2 rings (SSSR count). The second-order valence-electron chi connectivity index (χ2n) is 5.51. The number of hydrogen-bond acceptors (Lipinski definition) is 3. The summed E-state index contributed by atoms with van der Waals surface area (Å²) < 4.78 is 1.91. The number of aromatic nitrogens is 2. The van der Waals surface area contributed by atoms with Crippen molar-refractivity contribution < 1.29 is 4.79 Å². The van der Waals surface area contributed by atoms with Gasteiger partial charge in [-0.15, -0.1) is 0 Å². The van der Waals surface area contributed by atoms with E-state index in [1.165, 1.54) is 0 Å². The van der Waals surface area contributed by atoms with Crippen LogP contribution in [0, 0.1) is 0 Å². The van der Waals surface area contributed by atoms with Crippen molar-refractivity contribution in [1.82, 2.24) is 19.8 Å². The SMILES string of the molecule is CCN(CC)CCCCNC(=O)c1ccc(-n2ccnc2)cc1. The second-order valence-corrected chi connectivity index (χ2v) is 5.51. The number of nitrogens with one attached hydrogen (secondary N) is 1. The minimum Gasteiger partial charge on any atom is -0.352 e. The fourth-order valence-corrected chi connectivity index (χ4v) is 2.50. The molecule has 0 aliphatic heterocycles. The van der Waals surface area contributed by atoms with Crippen LogP contribution < -0.4 is 5.32 Å². The van der Waals surface area contributed by atoms with Gasteiger partial charge in [-0.25, -0.2) is 4.98 Å². The number of hydrogen-bond donors (Lipinski definition) is 1. The van der Waals surface area contributed by atoms with Crippen molar-refractivity contribution in [2.45, 2.75) is 26.7 Å². The normalized spacial score (nSPS) is 10.9. The van der Waals surface area contributed by atoms with Gasteiger partial charge >= 0.3 is 0 Å². The first-order valence-corrected chi connectivity index (χ1v) is 8.33. The van der Waals surface area contributed by atoms with Crippen LogP contribution in [0.5, 0.6) is 0 Å². The van der Waals surface area contributed by atoms with Crippen LogP contribution in [0.15, 0.2) is 43.0 Å². The first-order chi connectivity index (χ1) is 11.2. The van der Waals surface area contributed by atoms with Gasteiger partial charge < -0.3 is 14.8 Å². The van der Waals surface area contributed by atoms with Gasteiger partial charge in [0.2, 0.25) is 0 Å². The maximum Gasteiger partial charge on any atom is 0.251 e. The molecular formula is C18H26N4O. The Bertz CT molecular complexity index is 574. The predicted molar refractivity (Wildman–Crippen MR) is 92.9 cm³/mol. The van der Waals surface area contributed by atoms with Gasteiger partial charge in [-0.1, -0.05) is 13.8 Å². The molecule has 0 saturated carbocycles. The lowest BCUT2D eigenvalue weighted by molar-refractivity contribution is 0.0952. The molecule has 0 aliphatic rings. The van der Waals surface area contributed by atoms with E-state index in [-0.39, 0.29) is 5.91 Å². The highest BCUT2D eigenvalue weighted by atomic mass is 16.1. The van der Waals surface area contributed by atoms with Gasteiger partial charge in [0.05, 0.1) is 6.33 Å². The van der Waals surface area contributed by atoms with Gasteiger partial charge in [0.1, 0.15) is 0 Å². The summed E-state index contributed by atoms with van der Waals surface area (Å²) in [5.74, 6) is -0.00924. The Balaban J connectivity index is 1.73. The van der Waals surface area contributed by atoms with Crippen LogP contribution >= 0.6 is 0 Å². The molecule has 5 nitrogen and oxygen atoms in total. The smallest absolute Gasteiger partial charge is 0.251 e. The number of carbonyl (C=O) groups is 1. The Kier molecular flexibility index (Phi) is 6.81. The fourth-order valence-electron chi connectivity index (χ4n) is 2.50. The van der Waals surface area contributed by atoms with Gasteiger partial charge in [-0.05, 0) is 56.7 Å².